The average molecular weight is 328 g/mol. The zero-order valence-corrected chi connectivity index (χ0v) is 12.9. The number of benzene rings is 1. The monoisotopic (exact) mass is 327 g/mol. The molecule has 3 aromatic rings. The van der Waals surface area contributed by atoms with Gasteiger partial charge in [0, 0.05) is 11.6 Å². The number of hydrogen-bond donors (Lipinski definition) is 2. The number of furan rings is 1. The Balaban J connectivity index is 1.59. The summed E-state index contributed by atoms with van der Waals surface area (Å²) in [5.74, 6) is 0.363. The zero-order chi connectivity index (χ0) is 16.1. The molecular formula is C17H14ClN3O2. The van der Waals surface area contributed by atoms with E-state index in [-0.39, 0.29) is 11.7 Å². The van der Waals surface area contributed by atoms with E-state index in [1.165, 1.54) is 6.26 Å². The summed E-state index contributed by atoms with van der Waals surface area (Å²) < 4.78 is 5.03. The standard InChI is InChI=1S/C17H14ClN3O2/c18-14-5-2-1-4-12(14)10-19-13-7-8-16(20-11-13)21-17(22)15-6-3-9-23-15/h1-9,11,19H,10H2,(H,20,21,22). The number of anilines is 2. The van der Waals surface area contributed by atoms with Crippen molar-refractivity contribution < 1.29 is 9.21 Å². The topological polar surface area (TPSA) is 67.2 Å². The molecule has 0 atom stereocenters. The van der Waals surface area contributed by atoms with E-state index in [1.807, 2.05) is 30.3 Å². The largest absolute Gasteiger partial charge is 0.459 e. The maximum absolute atomic E-state index is 11.8. The molecule has 5 nitrogen and oxygen atoms in total. The molecule has 3 rings (SSSR count). The second-order valence-electron chi connectivity index (χ2n) is 4.81. The van der Waals surface area contributed by atoms with Crippen LogP contribution in [0.2, 0.25) is 5.02 Å². The molecule has 0 saturated heterocycles. The Morgan fingerprint density at radius 1 is 1.13 bits per heavy atom. The summed E-state index contributed by atoms with van der Waals surface area (Å²) in [6.45, 7) is 0.597. The zero-order valence-electron chi connectivity index (χ0n) is 12.1. The van der Waals surface area contributed by atoms with Crippen molar-refractivity contribution in [1.29, 1.82) is 0 Å². The molecule has 6 heteroatoms. The van der Waals surface area contributed by atoms with Gasteiger partial charge in [0.2, 0.25) is 0 Å². The molecule has 0 spiro atoms. The normalized spacial score (nSPS) is 10.3. The summed E-state index contributed by atoms with van der Waals surface area (Å²) in [5, 5.41) is 6.61. The van der Waals surface area contributed by atoms with Crippen LogP contribution < -0.4 is 10.6 Å². The fourth-order valence-corrected chi connectivity index (χ4v) is 2.20. The first-order chi connectivity index (χ1) is 11.2. The van der Waals surface area contributed by atoms with Crippen molar-refractivity contribution in [3.8, 4) is 0 Å². The summed E-state index contributed by atoms with van der Waals surface area (Å²) in [6, 6.07) is 14.4. The van der Waals surface area contributed by atoms with Crippen molar-refractivity contribution in [3.63, 3.8) is 0 Å². The van der Waals surface area contributed by atoms with Gasteiger partial charge >= 0.3 is 0 Å². The minimum atomic E-state index is -0.334. The highest BCUT2D eigenvalue weighted by Gasteiger charge is 2.09. The Hall–Kier alpha value is -2.79. The quantitative estimate of drug-likeness (QED) is 0.737. The summed E-state index contributed by atoms with van der Waals surface area (Å²) in [4.78, 5) is 16.0. The van der Waals surface area contributed by atoms with Gasteiger partial charge in [0.1, 0.15) is 5.82 Å². The van der Waals surface area contributed by atoms with Gasteiger partial charge in [0.05, 0.1) is 18.1 Å². The number of rotatable bonds is 5. The Morgan fingerprint density at radius 3 is 2.70 bits per heavy atom. The number of pyridine rings is 1. The molecule has 0 aliphatic carbocycles. The van der Waals surface area contributed by atoms with Crippen molar-refractivity contribution in [2.45, 2.75) is 6.54 Å². The lowest BCUT2D eigenvalue weighted by atomic mass is 10.2. The Labute approximate surface area is 138 Å². The molecule has 23 heavy (non-hydrogen) atoms. The highest BCUT2D eigenvalue weighted by molar-refractivity contribution is 6.31. The maximum atomic E-state index is 11.8. The summed E-state index contributed by atoms with van der Waals surface area (Å²) in [7, 11) is 0. The van der Waals surface area contributed by atoms with Crippen LogP contribution in [0.3, 0.4) is 0 Å². The van der Waals surface area contributed by atoms with Crippen LogP contribution in [0.15, 0.2) is 65.4 Å². The number of nitrogens with zero attached hydrogens (tertiary/aromatic N) is 1. The van der Waals surface area contributed by atoms with Gasteiger partial charge in [-0.25, -0.2) is 4.98 Å². The van der Waals surface area contributed by atoms with Gasteiger partial charge in [-0.1, -0.05) is 29.8 Å². The summed E-state index contributed by atoms with van der Waals surface area (Å²) in [6.07, 6.45) is 3.10. The summed E-state index contributed by atoms with van der Waals surface area (Å²) >= 11 is 6.11. The fourth-order valence-electron chi connectivity index (χ4n) is 2.00. The number of carbonyl (C=O) groups excluding carboxylic acids is 1. The molecule has 2 aromatic heterocycles. The van der Waals surface area contributed by atoms with Gasteiger partial charge in [-0.2, -0.15) is 0 Å². The van der Waals surface area contributed by atoms with Gasteiger partial charge in [-0.3, -0.25) is 4.79 Å². The molecular weight excluding hydrogens is 314 g/mol. The van der Waals surface area contributed by atoms with E-state index in [4.69, 9.17) is 16.0 Å². The molecule has 1 aromatic carbocycles. The lowest BCUT2D eigenvalue weighted by Gasteiger charge is -2.08. The molecule has 0 bridgehead atoms. The van der Waals surface area contributed by atoms with E-state index >= 15 is 0 Å². The van der Waals surface area contributed by atoms with E-state index in [0.717, 1.165) is 16.3 Å². The van der Waals surface area contributed by atoms with Crippen molar-refractivity contribution in [2.24, 2.45) is 0 Å². The van der Waals surface area contributed by atoms with Crippen LogP contribution in [0.25, 0.3) is 0 Å². The number of nitrogens with one attached hydrogen (secondary N) is 2. The molecule has 0 aliphatic rings. The predicted molar refractivity (Wildman–Crippen MR) is 89.7 cm³/mol. The second-order valence-corrected chi connectivity index (χ2v) is 5.22. The number of aromatic nitrogens is 1. The lowest BCUT2D eigenvalue weighted by Crippen LogP contribution is -2.12. The molecule has 2 N–H and O–H groups in total. The van der Waals surface area contributed by atoms with E-state index in [1.54, 1.807) is 24.4 Å². The van der Waals surface area contributed by atoms with Crippen molar-refractivity contribution in [1.82, 2.24) is 4.98 Å². The van der Waals surface area contributed by atoms with Gasteiger partial charge in [0.15, 0.2) is 5.76 Å². The molecule has 0 radical (unpaired) electrons. The van der Waals surface area contributed by atoms with Gasteiger partial charge in [-0.05, 0) is 35.9 Å². The SMILES string of the molecule is O=C(Nc1ccc(NCc2ccccc2Cl)cn1)c1ccco1. The lowest BCUT2D eigenvalue weighted by molar-refractivity contribution is 0.0996. The summed E-state index contributed by atoms with van der Waals surface area (Å²) in [5.41, 5.74) is 1.84. The molecule has 0 unspecified atom stereocenters. The second kappa shape index (κ2) is 6.98. The van der Waals surface area contributed by atoms with Crippen LogP contribution in [-0.4, -0.2) is 10.9 Å². The van der Waals surface area contributed by atoms with E-state index in [2.05, 4.69) is 15.6 Å². The first-order valence-corrected chi connectivity index (χ1v) is 7.38. The fraction of sp³-hybridized carbons (Fsp3) is 0.0588. The van der Waals surface area contributed by atoms with Crippen LogP contribution in [-0.2, 0) is 6.54 Å². The third kappa shape index (κ3) is 3.90. The van der Waals surface area contributed by atoms with Crippen molar-refractivity contribution in [2.75, 3.05) is 10.6 Å². The first-order valence-electron chi connectivity index (χ1n) is 7.00. The molecule has 0 aliphatic heterocycles. The third-order valence-corrected chi connectivity index (χ3v) is 3.56. The third-order valence-electron chi connectivity index (χ3n) is 3.19. The smallest absolute Gasteiger partial charge is 0.292 e. The maximum Gasteiger partial charge on any atom is 0.292 e. The van der Waals surface area contributed by atoms with Crippen LogP contribution in [0.4, 0.5) is 11.5 Å². The van der Waals surface area contributed by atoms with Crippen LogP contribution >= 0.6 is 11.6 Å². The first kappa shape index (κ1) is 15.1. The minimum Gasteiger partial charge on any atom is -0.459 e. The number of halogens is 1. The van der Waals surface area contributed by atoms with Crippen LogP contribution in [0.1, 0.15) is 16.1 Å². The van der Waals surface area contributed by atoms with Crippen molar-refractivity contribution >= 4 is 29.0 Å². The van der Waals surface area contributed by atoms with Gasteiger partial charge in [0.25, 0.3) is 5.91 Å². The Kier molecular flexibility index (Phi) is 4.59. The Morgan fingerprint density at radius 2 is 2.00 bits per heavy atom. The van der Waals surface area contributed by atoms with Gasteiger partial charge in [-0.15, -0.1) is 0 Å². The van der Waals surface area contributed by atoms with Crippen LogP contribution in [0.5, 0.6) is 0 Å². The molecule has 2 heterocycles. The molecule has 0 saturated carbocycles. The molecule has 116 valence electrons. The van der Waals surface area contributed by atoms with E-state index < -0.39 is 0 Å². The molecule has 0 fully saturated rings. The van der Waals surface area contributed by atoms with E-state index in [9.17, 15) is 4.79 Å². The number of amides is 1. The Bertz CT molecular complexity index is 786. The number of carbonyl (C=O) groups is 1. The highest BCUT2D eigenvalue weighted by atomic mass is 35.5. The minimum absolute atomic E-state index is 0.243. The number of hydrogen-bond acceptors (Lipinski definition) is 4. The average Bonchev–Trinajstić information content (AvgIpc) is 3.10. The highest BCUT2D eigenvalue weighted by Crippen LogP contribution is 2.17. The van der Waals surface area contributed by atoms with Gasteiger partial charge < -0.3 is 15.1 Å². The predicted octanol–water partition coefficient (Wildman–Crippen LogP) is 4.19. The van der Waals surface area contributed by atoms with Crippen LogP contribution in [0, 0.1) is 0 Å². The van der Waals surface area contributed by atoms with E-state index in [0.29, 0.717) is 12.4 Å². The van der Waals surface area contributed by atoms with Crippen molar-refractivity contribution in [3.05, 3.63) is 77.3 Å². The molecule has 1 amide bonds.